The molecule has 0 radical (unpaired) electrons. The number of carbonyl (C=O) groups excluding carboxylic acids is 2. The van der Waals surface area contributed by atoms with Crippen LogP contribution in [0, 0.1) is 5.92 Å². The number of amides is 3. The number of thiazole rings is 1. The van der Waals surface area contributed by atoms with Gasteiger partial charge in [-0.15, -0.1) is 11.3 Å². The fourth-order valence-corrected chi connectivity index (χ4v) is 9.46. The molecule has 4 N–H and O–H groups in total. The summed E-state index contributed by atoms with van der Waals surface area (Å²) in [5.74, 6) is 0.547. The van der Waals surface area contributed by atoms with Crippen LogP contribution in [0.15, 0.2) is 59.6 Å². The van der Waals surface area contributed by atoms with E-state index in [1.807, 2.05) is 44.2 Å². The van der Waals surface area contributed by atoms with E-state index >= 15 is 0 Å². The van der Waals surface area contributed by atoms with Crippen molar-refractivity contribution in [1.82, 2.24) is 20.3 Å². The zero-order valence-electron chi connectivity index (χ0n) is 27.2. The number of anilines is 1. The first-order valence-corrected chi connectivity index (χ1v) is 18.2. The number of aromatic nitrogens is 1. The van der Waals surface area contributed by atoms with Crippen LogP contribution in [0.2, 0.25) is 0 Å². The molecule has 2 aliphatic rings. The molecule has 5 rings (SSSR count). The minimum Gasteiger partial charge on any atom is -0.443 e. The summed E-state index contributed by atoms with van der Waals surface area (Å²) in [5.41, 5.74) is 0.690. The summed E-state index contributed by atoms with van der Waals surface area (Å²) in [6.45, 7) is 9.55. The molecule has 2 saturated carbocycles. The van der Waals surface area contributed by atoms with Crippen LogP contribution in [-0.4, -0.2) is 42.7 Å². The van der Waals surface area contributed by atoms with Crippen LogP contribution in [0.5, 0.6) is 0 Å². The maximum Gasteiger partial charge on any atom is 0.407 e. The third kappa shape index (κ3) is 8.45. The molecule has 1 aromatic heterocycles. The Labute approximate surface area is 276 Å². The Bertz CT molecular complexity index is 1650. The van der Waals surface area contributed by atoms with Crippen LogP contribution >= 0.6 is 11.3 Å². The lowest BCUT2D eigenvalue weighted by molar-refractivity contribution is -0.0650. The standard InChI is InChI=1S/C34H45N5O5S2/c1-22(2)37-32(41)44-34-16-9-12-24(19-34)26(15-17-34)30-35-21-28(45-30)27-14-13-25(18-29(27)46(42,43)39-33(3,4)5)38-31(40)36-20-23-10-7-6-8-11-23/h6-8,10-11,13-14,18,21-22,24,26,39H,9,12,15-17,19-20H2,1-5H3,(H,37,41)(H2,36,38,40). The molecule has 2 bridgehead atoms. The molecular formula is C34H45N5O5S2. The van der Waals surface area contributed by atoms with E-state index in [0.29, 0.717) is 23.7 Å². The van der Waals surface area contributed by atoms with Crippen molar-refractivity contribution in [1.29, 1.82) is 0 Å². The lowest BCUT2D eigenvalue weighted by Crippen LogP contribution is -2.47. The van der Waals surface area contributed by atoms with Crippen molar-refractivity contribution in [2.75, 3.05) is 5.32 Å². The molecule has 248 valence electrons. The number of urea groups is 1. The van der Waals surface area contributed by atoms with Crippen molar-refractivity contribution in [3.8, 4) is 10.4 Å². The quantitative estimate of drug-likeness (QED) is 0.191. The van der Waals surface area contributed by atoms with Gasteiger partial charge >= 0.3 is 12.1 Å². The first-order valence-electron chi connectivity index (χ1n) is 15.9. The van der Waals surface area contributed by atoms with Gasteiger partial charge in [-0.2, -0.15) is 0 Å². The molecule has 2 aromatic carbocycles. The SMILES string of the molecule is CC(C)NC(=O)OC12CCCC(C1)C(c1ncc(-c3ccc(NC(=O)NCc4ccccc4)cc3S(=O)(=O)NC(C)(C)C)s1)CC2. The van der Waals surface area contributed by atoms with Crippen LogP contribution in [0.1, 0.15) is 89.6 Å². The van der Waals surface area contributed by atoms with Gasteiger partial charge in [-0.05, 0) is 96.8 Å². The third-order valence-electron chi connectivity index (χ3n) is 8.41. The van der Waals surface area contributed by atoms with Crippen LogP contribution in [0.25, 0.3) is 10.4 Å². The van der Waals surface area contributed by atoms with E-state index < -0.39 is 27.2 Å². The van der Waals surface area contributed by atoms with E-state index in [-0.39, 0.29) is 22.9 Å². The highest BCUT2D eigenvalue weighted by Crippen LogP contribution is 2.52. The Kier molecular flexibility index (Phi) is 10.1. The highest BCUT2D eigenvalue weighted by Gasteiger charge is 2.47. The van der Waals surface area contributed by atoms with E-state index in [9.17, 15) is 18.0 Å². The van der Waals surface area contributed by atoms with Gasteiger partial charge in [0.2, 0.25) is 10.0 Å². The van der Waals surface area contributed by atoms with Gasteiger partial charge in [-0.25, -0.2) is 27.7 Å². The Balaban J connectivity index is 1.37. The largest absolute Gasteiger partial charge is 0.443 e. The maximum atomic E-state index is 13.7. The van der Waals surface area contributed by atoms with Crippen molar-refractivity contribution in [3.63, 3.8) is 0 Å². The molecule has 1 heterocycles. The van der Waals surface area contributed by atoms with Gasteiger partial charge in [-0.3, -0.25) is 0 Å². The number of fused-ring (bicyclic) bond motifs is 2. The highest BCUT2D eigenvalue weighted by molar-refractivity contribution is 7.89. The number of hydrogen-bond donors (Lipinski definition) is 4. The molecule has 3 atom stereocenters. The molecule has 46 heavy (non-hydrogen) atoms. The van der Waals surface area contributed by atoms with Gasteiger partial charge in [0.25, 0.3) is 0 Å². The number of nitrogens with one attached hydrogen (secondary N) is 4. The highest BCUT2D eigenvalue weighted by atomic mass is 32.2. The van der Waals surface area contributed by atoms with Gasteiger partial charge in [0.1, 0.15) is 5.60 Å². The number of nitrogens with zero attached hydrogens (tertiary/aromatic N) is 1. The van der Waals surface area contributed by atoms with Crippen LogP contribution in [-0.2, 0) is 21.3 Å². The second kappa shape index (κ2) is 13.7. The number of benzene rings is 2. The van der Waals surface area contributed by atoms with Gasteiger partial charge in [0.15, 0.2) is 0 Å². The second-order valence-corrected chi connectivity index (χ2v) is 16.5. The lowest BCUT2D eigenvalue weighted by atomic mass is 9.64. The number of ether oxygens (including phenoxy) is 1. The van der Waals surface area contributed by atoms with Crippen LogP contribution in [0.3, 0.4) is 0 Å². The summed E-state index contributed by atoms with van der Waals surface area (Å²) < 4.78 is 36.2. The molecule has 3 unspecified atom stereocenters. The number of carbonyl (C=O) groups is 2. The Morgan fingerprint density at radius 2 is 1.85 bits per heavy atom. The van der Waals surface area contributed by atoms with Gasteiger partial charge in [-0.1, -0.05) is 36.4 Å². The molecule has 10 nitrogen and oxygen atoms in total. The Morgan fingerprint density at radius 1 is 1.09 bits per heavy atom. The van der Waals surface area contributed by atoms with E-state index in [0.717, 1.165) is 54.0 Å². The Hall–Kier alpha value is -3.48. The van der Waals surface area contributed by atoms with Gasteiger partial charge in [0.05, 0.1) is 14.8 Å². The van der Waals surface area contributed by atoms with Gasteiger partial charge < -0.3 is 20.7 Å². The summed E-state index contributed by atoms with van der Waals surface area (Å²) in [6.07, 6.45) is 6.73. The number of hydrogen-bond acceptors (Lipinski definition) is 7. The molecule has 0 spiro atoms. The van der Waals surface area contributed by atoms with Gasteiger partial charge in [0, 0.05) is 41.5 Å². The van der Waals surface area contributed by atoms with E-state index in [4.69, 9.17) is 9.72 Å². The topological polar surface area (TPSA) is 139 Å². The van der Waals surface area contributed by atoms with E-state index in [1.54, 1.807) is 39.1 Å². The molecular weight excluding hydrogens is 623 g/mol. The monoisotopic (exact) mass is 667 g/mol. The molecule has 12 heteroatoms. The fraction of sp³-hybridized carbons (Fsp3) is 0.500. The van der Waals surface area contributed by atoms with E-state index in [2.05, 4.69) is 20.7 Å². The van der Waals surface area contributed by atoms with Crippen molar-refractivity contribution < 1.29 is 22.7 Å². The number of alkyl carbamates (subject to hydrolysis) is 1. The predicted molar refractivity (Wildman–Crippen MR) is 181 cm³/mol. The summed E-state index contributed by atoms with van der Waals surface area (Å²) >= 11 is 1.51. The van der Waals surface area contributed by atoms with Crippen molar-refractivity contribution >= 4 is 39.2 Å². The van der Waals surface area contributed by atoms with Crippen LogP contribution in [0.4, 0.5) is 15.3 Å². The normalized spacial score (nSPS) is 21.4. The summed E-state index contributed by atoms with van der Waals surface area (Å²) in [5, 5.41) is 9.42. The zero-order valence-corrected chi connectivity index (χ0v) is 28.8. The average molecular weight is 668 g/mol. The summed E-state index contributed by atoms with van der Waals surface area (Å²) in [7, 11) is -3.97. The third-order valence-corrected chi connectivity index (χ3v) is 11.4. The summed E-state index contributed by atoms with van der Waals surface area (Å²) in [6, 6.07) is 14.1. The average Bonchev–Trinajstić information content (AvgIpc) is 3.45. The smallest absolute Gasteiger partial charge is 0.407 e. The number of rotatable bonds is 9. The molecule has 0 saturated heterocycles. The number of sulfonamides is 1. The fourth-order valence-electron chi connectivity index (χ4n) is 6.54. The minimum atomic E-state index is -3.97. The first-order chi connectivity index (χ1) is 21.7. The molecule has 2 aliphatic carbocycles. The maximum absolute atomic E-state index is 13.7. The lowest BCUT2D eigenvalue weighted by Gasteiger charge is -2.47. The molecule has 3 aromatic rings. The molecule has 0 aliphatic heterocycles. The van der Waals surface area contributed by atoms with E-state index in [1.165, 1.54) is 17.4 Å². The van der Waals surface area contributed by atoms with Crippen molar-refractivity contribution in [2.45, 2.75) is 108 Å². The first kappa shape index (κ1) is 33.9. The molecule has 3 amide bonds. The van der Waals surface area contributed by atoms with Crippen molar-refractivity contribution in [3.05, 3.63) is 65.3 Å². The van der Waals surface area contributed by atoms with Crippen LogP contribution < -0.4 is 20.7 Å². The second-order valence-electron chi connectivity index (χ2n) is 13.8. The zero-order chi connectivity index (χ0) is 33.1. The minimum absolute atomic E-state index is 0.0160. The predicted octanol–water partition coefficient (Wildman–Crippen LogP) is 7.15. The summed E-state index contributed by atoms with van der Waals surface area (Å²) in [4.78, 5) is 30.8. The Morgan fingerprint density at radius 3 is 2.57 bits per heavy atom. The van der Waals surface area contributed by atoms with Crippen molar-refractivity contribution in [2.24, 2.45) is 5.92 Å². The molecule has 2 fully saturated rings.